The number of oxazole rings is 1. The third-order valence-electron chi connectivity index (χ3n) is 1.98. The van der Waals surface area contributed by atoms with Crippen molar-refractivity contribution in [3.63, 3.8) is 0 Å². The molecule has 1 aromatic heterocycles. The number of nitrogens with zero attached hydrogens (tertiary/aromatic N) is 1. The Morgan fingerprint density at radius 3 is 2.57 bits per heavy atom. The maximum Gasteiger partial charge on any atom is 0.218 e. The van der Waals surface area contributed by atoms with Crippen molar-refractivity contribution in [2.45, 2.75) is 40.0 Å². The van der Waals surface area contributed by atoms with Crippen LogP contribution in [0.3, 0.4) is 0 Å². The van der Waals surface area contributed by atoms with E-state index in [9.17, 15) is 0 Å². The second-order valence-corrected chi connectivity index (χ2v) is 4.29. The molecule has 0 unspecified atom stereocenters. The highest BCUT2D eigenvalue weighted by Gasteiger charge is 2.04. The van der Waals surface area contributed by atoms with Gasteiger partial charge in [0.25, 0.3) is 0 Å². The molecule has 0 aliphatic rings. The van der Waals surface area contributed by atoms with Crippen molar-refractivity contribution in [2.24, 2.45) is 5.92 Å². The van der Waals surface area contributed by atoms with Gasteiger partial charge in [0.05, 0.1) is 6.20 Å². The molecule has 1 rings (SSSR count). The Bertz CT molecular complexity index is 297. The fraction of sp³-hybridized carbons (Fsp3) is 0.583. The van der Waals surface area contributed by atoms with E-state index >= 15 is 0 Å². The van der Waals surface area contributed by atoms with Crippen LogP contribution in [0.5, 0.6) is 0 Å². The van der Waals surface area contributed by atoms with Gasteiger partial charge in [0, 0.05) is 5.92 Å². The van der Waals surface area contributed by atoms with Crippen LogP contribution in [0.4, 0.5) is 0 Å². The summed E-state index contributed by atoms with van der Waals surface area (Å²) in [4.78, 5) is 4.18. The minimum absolute atomic E-state index is 0.412. The van der Waals surface area contributed by atoms with E-state index in [4.69, 9.17) is 4.42 Å². The summed E-state index contributed by atoms with van der Waals surface area (Å²) in [6.45, 7) is 8.59. The quantitative estimate of drug-likeness (QED) is 0.725. The molecule has 1 aromatic rings. The molecule has 0 saturated heterocycles. The molecule has 0 bridgehead atoms. The van der Waals surface area contributed by atoms with Gasteiger partial charge in [-0.2, -0.15) is 0 Å². The minimum atomic E-state index is 0.412. The van der Waals surface area contributed by atoms with Crippen LogP contribution in [-0.2, 0) is 0 Å². The van der Waals surface area contributed by atoms with Crippen molar-refractivity contribution >= 4 is 6.08 Å². The highest BCUT2D eigenvalue weighted by atomic mass is 16.4. The van der Waals surface area contributed by atoms with Crippen LogP contribution < -0.4 is 0 Å². The molecule has 0 fully saturated rings. The average molecular weight is 193 g/mol. The second kappa shape index (κ2) is 4.99. The number of hydrogen-bond donors (Lipinski definition) is 0. The number of rotatable bonds is 4. The van der Waals surface area contributed by atoms with E-state index in [-0.39, 0.29) is 0 Å². The third-order valence-corrected chi connectivity index (χ3v) is 1.98. The summed E-state index contributed by atoms with van der Waals surface area (Å²) in [5.74, 6) is 2.77. The standard InChI is InChI=1S/C12H19NO/c1-9(2)6-5-7-12-13-8-11(14-12)10(3)4/h5,7-10H,6H2,1-4H3/b7-5+. The van der Waals surface area contributed by atoms with E-state index < -0.39 is 0 Å². The van der Waals surface area contributed by atoms with Gasteiger partial charge < -0.3 is 4.42 Å². The molecule has 2 heteroatoms. The first-order chi connectivity index (χ1) is 6.59. The maximum atomic E-state index is 5.53. The zero-order chi connectivity index (χ0) is 10.6. The number of aromatic nitrogens is 1. The Labute approximate surface area is 86.0 Å². The molecule has 0 aromatic carbocycles. The van der Waals surface area contributed by atoms with Crippen LogP contribution in [0.1, 0.15) is 51.7 Å². The van der Waals surface area contributed by atoms with Gasteiger partial charge >= 0.3 is 0 Å². The predicted octanol–water partition coefficient (Wildman–Crippen LogP) is 3.86. The molecule has 2 nitrogen and oxygen atoms in total. The zero-order valence-corrected chi connectivity index (χ0v) is 9.45. The van der Waals surface area contributed by atoms with Gasteiger partial charge in [-0.25, -0.2) is 4.98 Å². The van der Waals surface area contributed by atoms with Gasteiger partial charge in [0.15, 0.2) is 0 Å². The van der Waals surface area contributed by atoms with Gasteiger partial charge in [0.2, 0.25) is 5.89 Å². The Morgan fingerprint density at radius 2 is 2.07 bits per heavy atom. The highest BCUT2D eigenvalue weighted by Crippen LogP contribution is 2.16. The normalized spacial score (nSPS) is 12.1. The Kier molecular flexibility index (Phi) is 3.93. The van der Waals surface area contributed by atoms with Crippen LogP contribution in [0.15, 0.2) is 16.7 Å². The fourth-order valence-corrected chi connectivity index (χ4v) is 1.09. The Morgan fingerprint density at radius 1 is 1.36 bits per heavy atom. The summed E-state index contributed by atoms with van der Waals surface area (Å²) in [6, 6.07) is 0. The van der Waals surface area contributed by atoms with Crippen molar-refractivity contribution in [1.29, 1.82) is 0 Å². The fourth-order valence-electron chi connectivity index (χ4n) is 1.09. The first kappa shape index (κ1) is 11.0. The second-order valence-electron chi connectivity index (χ2n) is 4.29. The monoisotopic (exact) mass is 193 g/mol. The van der Waals surface area contributed by atoms with Crippen molar-refractivity contribution in [3.8, 4) is 0 Å². The molecule has 0 aliphatic carbocycles. The van der Waals surface area contributed by atoms with E-state index in [1.54, 1.807) is 6.20 Å². The Hall–Kier alpha value is -1.05. The minimum Gasteiger partial charge on any atom is -0.442 e. The van der Waals surface area contributed by atoms with Gasteiger partial charge in [-0.05, 0) is 18.4 Å². The van der Waals surface area contributed by atoms with E-state index in [0.717, 1.165) is 12.2 Å². The molecule has 0 amide bonds. The summed E-state index contributed by atoms with van der Waals surface area (Å²) in [7, 11) is 0. The number of allylic oxidation sites excluding steroid dienone is 1. The van der Waals surface area contributed by atoms with E-state index in [2.05, 4.69) is 38.8 Å². The smallest absolute Gasteiger partial charge is 0.218 e. The first-order valence-electron chi connectivity index (χ1n) is 5.22. The van der Waals surface area contributed by atoms with Gasteiger partial charge in [-0.3, -0.25) is 0 Å². The average Bonchev–Trinajstić information content (AvgIpc) is 2.52. The molecule has 0 saturated carbocycles. The molecule has 78 valence electrons. The third kappa shape index (κ3) is 3.36. The van der Waals surface area contributed by atoms with Crippen LogP contribution >= 0.6 is 0 Å². The summed E-state index contributed by atoms with van der Waals surface area (Å²) >= 11 is 0. The molecular formula is C12H19NO. The molecule has 0 N–H and O–H groups in total. The lowest BCUT2D eigenvalue weighted by molar-refractivity contribution is 0.474. The molecule has 14 heavy (non-hydrogen) atoms. The lowest BCUT2D eigenvalue weighted by atomic mass is 10.1. The summed E-state index contributed by atoms with van der Waals surface area (Å²) in [6.07, 6.45) is 6.94. The van der Waals surface area contributed by atoms with Crippen LogP contribution in [0.25, 0.3) is 6.08 Å². The summed E-state index contributed by atoms with van der Waals surface area (Å²) < 4.78 is 5.53. The molecule has 1 heterocycles. The largest absolute Gasteiger partial charge is 0.442 e. The zero-order valence-electron chi connectivity index (χ0n) is 9.45. The van der Waals surface area contributed by atoms with Gasteiger partial charge in [-0.1, -0.05) is 33.8 Å². The maximum absolute atomic E-state index is 5.53. The molecule has 0 aliphatic heterocycles. The van der Waals surface area contributed by atoms with E-state index in [1.807, 2.05) is 6.08 Å². The highest BCUT2D eigenvalue weighted by molar-refractivity contribution is 5.37. The topological polar surface area (TPSA) is 26.0 Å². The molecule has 0 spiro atoms. The van der Waals surface area contributed by atoms with Crippen LogP contribution in [0, 0.1) is 5.92 Å². The lowest BCUT2D eigenvalue weighted by Crippen LogP contribution is -1.81. The van der Waals surface area contributed by atoms with E-state index in [1.165, 1.54) is 0 Å². The Balaban J connectivity index is 2.55. The van der Waals surface area contributed by atoms with Crippen molar-refractivity contribution in [3.05, 3.63) is 23.9 Å². The molecular weight excluding hydrogens is 174 g/mol. The summed E-state index contributed by atoms with van der Waals surface area (Å²) in [5, 5.41) is 0. The van der Waals surface area contributed by atoms with Crippen molar-refractivity contribution < 1.29 is 4.42 Å². The van der Waals surface area contributed by atoms with Crippen molar-refractivity contribution in [1.82, 2.24) is 4.98 Å². The SMILES string of the molecule is CC(C)C/C=C/c1ncc(C(C)C)o1. The van der Waals surface area contributed by atoms with Crippen LogP contribution in [0.2, 0.25) is 0 Å². The number of hydrogen-bond acceptors (Lipinski definition) is 2. The predicted molar refractivity (Wildman–Crippen MR) is 59.1 cm³/mol. The van der Waals surface area contributed by atoms with Gasteiger partial charge in [-0.15, -0.1) is 0 Å². The van der Waals surface area contributed by atoms with Crippen molar-refractivity contribution in [2.75, 3.05) is 0 Å². The first-order valence-corrected chi connectivity index (χ1v) is 5.22. The van der Waals surface area contributed by atoms with Crippen LogP contribution in [-0.4, -0.2) is 4.98 Å². The molecule has 0 radical (unpaired) electrons. The summed E-state index contributed by atoms with van der Waals surface area (Å²) in [5.41, 5.74) is 0. The lowest BCUT2D eigenvalue weighted by Gasteiger charge is -1.96. The van der Waals surface area contributed by atoms with E-state index in [0.29, 0.717) is 17.7 Å². The molecule has 0 atom stereocenters. The van der Waals surface area contributed by atoms with Gasteiger partial charge in [0.1, 0.15) is 5.76 Å².